The second-order valence-corrected chi connectivity index (χ2v) is 9.90. The third-order valence-corrected chi connectivity index (χ3v) is 7.76. The highest BCUT2D eigenvalue weighted by Gasteiger charge is 2.35. The molecule has 0 saturated carbocycles. The number of anilines is 3. The smallest absolute Gasteiger partial charge is 0.254 e. The first kappa shape index (κ1) is 22.2. The minimum atomic E-state index is -0.110. The number of pyridine rings is 3. The fourth-order valence-electron chi connectivity index (χ4n) is 5.92. The van der Waals surface area contributed by atoms with E-state index in [2.05, 4.69) is 31.9 Å². The molecule has 2 atom stereocenters. The van der Waals surface area contributed by atoms with Gasteiger partial charge in [-0.1, -0.05) is 0 Å². The number of ether oxygens (including phenoxy) is 1. The molecule has 188 valence electrons. The molecule has 37 heavy (non-hydrogen) atoms. The third kappa shape index (κ3) is 3.55. The monoisotopic (exact) mass is 496 g/mol. The van der Waals surface area contributed by atoms with E-state index in [9.17, 15) is 4.79 Å². The number of hydrogen-bond donors (Lipinski definition) is 3. The fraction of sp³-hybridized carbons (Fsp3) is 0.333. The van der Waals surface area contributed by atoms with Gasteiger partial charge < -0.3 is 30.2 Å². The molecular weight excluding hydrogens is 468 g/mol. The number of aromatic nitrogens is 4. The van der Waals surface area contributed by atoms with Crippen LogP contribution in [0, 0.1) is 0 Å². The summed E-state index contributed by atoms with van der Waals surface area (Å²) >= 11 is 0. The molecule has 0 radical (unpaired) electrons. The normalized spacial score (nSPS) is 20.4. The lowest BCUT2D eigenvalue weighted by molar-refractivity contribution is 0.0966. The average Bonchev–Trinajstić information content (AvgIpc) is 3.59. The zero-order valence-corrected chi connectivity index (χ0v) is 20.8. The number of carbonyl (C=O) groups excluding carboxylic acids is 1. The maximum absolute atomic E-state index is 12.9. The second kappa shape index (κ2) is 8.53. The van der Waals surface area contributed by atoms with E-state index in [1.54, 1.807) is 19.5 Å². The van der Waals surface area contributed by atoms with Crippen molar-refractivity contribution in [3.05, 3.63) is 59.7 Å². The van der Waals surface area contributed by atoms with Crippen molar-refractivity contribution >= 4 is 34.1 Å². The molecule has 1 saturated heterocycles. The van der Waals surface area contributed by atoms with Gasteiger partial charge in [-0.15, -0.1) is 0 Å². The lowest BCUT2D eigenvalue weighted by Crippen LogP contribution is -2.34. The van der Waals surface area contributed by atoms with E-state index in [1.807, 2.05) is 36.0 Å². The predicted molar refractivity (Wildman–Crippen MR) is 141 cm³/mol. The van der Waals surface area contributed by atoms with Gasteiger partial charge in [0, 0.05) is 75.3 Å². The lowest BCUT2D eigenvalue weighted by atomic mass is 10.0. The number of nitrogens with zero attached hydrogens (tertiary/aromatic N) is 5. The van der Waals surface area contributed by atoms with Crippen molar-refractivity contribution in [1.29, 1.82) is 0 Å². The van der Waals surface area contributed by atoms with E-state index in [1.165, 1.54) is 0 Å². The van der Waals surface area contributed by atoms with Gasteiger partial charge in [0.25, 0.3) is 5.91 Å². The molecule has 10 nitrogen and oxygen atoms in total. The molecular formula is C27H28N8O2. The van der Waals surface area contributed by atoms with Crippen molar-refractivity contribution in [2.45, 2.75) is 31.7 Å². The summed E-state index contributed by atoms with van der Waals surface area (Å²) < 4.78 is 7.61. The molecule has 0 unspecified atom stereocenters. The van der Waals surface area contributed by atoms with Crippen LogP contribution in [0.25, 0.3) is 22.3 Å². The summed E-state index contributed by atoms with van der Waals surface area (Å²) in [6, 6.07) is 8.50. The summed E-state index contributed by atoms with van der Waals surface area (Å²) in [5.74, 6) is 0.578. The fourth-order valence-corrected chi connectivity index (χ4v) is 5.92. The molecule has 4 aromatic rings. The van der Waals surface area contributed by atoms with Crippen LogP contribution < -0.4 is 20.9 Å². The summed E-state index contributed by atoms with van der Waals surface area (Å²) in [5.41, 5.74) is 6.92. The van der Waals surface area contributed by atoms with E-state index < -0.39 is 0 Å². The number of aryl methyl sites for hydroxylation is 1. The molecule has 7 heterocycles. The highest BCUT2D eigenvalue weighted by Crippen LogP contribution is 2.37. The number of amides is 1. The molecule has 7 rings (SSSR count). The minimum absolute atomic E-state index is 0.110. The van der Waals surface area contributed by atoms with Crippen molar-refractivity contribution in [3.8, 4) is 11.3 Å². The molecule has 0 aliphatic carbocycles. The molecule has 1 fully saturated rings. The van der Waals surface area contributed by atoms with Crippen molar-refractivity contribution < 1.29 is 9.53 Å². The Hall–Kier alpha value is -4.02. The minimum Gasteiger partial charge on any atom is -0.380 e. The molecule has 0 aromatic carbocycles. The number of methoxy groups -OCH3 is 1. The van der Waals surface area contributed by atoms with Gasteiger partial charge in [-0.25, -0.2) is 9.97 Å². The summed E-state index contributed by atoms with van der Waals surface area (Å²) in [7, 11) is 3.75. The Morgan fingerprint density at radius 1 is 1.16 bits per heavy atom. The number of hydrogen-bond acceptors (Lipinski definition) is 8. The summed E-state index contributed by atoms with van der Waals surface area (Å²) in [6.45, 7) is 2.90. The van der Waals surface area contributed by atoms with Crippen molar-refractivity contribution in [3.63, 3.8) is 0 Å². The highest BCUT2D eigenvalue weighted by atomic mass is 16.5. The molecule has 3 aliphatic rings. The first-order chi connectivity index (χ1) is 18.1. The maximum atomic E-state index is 12.9. The van der Waals surface area contributed by atoms with Crippen LogP contribution in [0.2, 0.25) is 0 Å². The Bertz CT molecular complexity index is 1550. The third-order valence-electron chi connectivity index (χ3n) is 7.76. The first-order valence-electron chi connectivity index (χ1n) is 12.6. The molecule has 10 heteroatoms. The van der Waals surface area contributed by atoms with Crippen LogP contribution in [0.4, 0.5) is 17.2 Å². The van der Waals surface area contributed by atoms with E-state index in [0.717, 1.165) is 58.7 Å². The van der Waals surface area contributed by atoms with E-state index in [-0.39, 0.29) is 12.0 Å². The Morgan fingerprint density at radius 2 is 2.08 bits per heavy atom. The van der Waals surface area contributed by atoms with Crippen LogP contribution in [-0.2, 0) is 24.9 Å². The second-order valence-electron chi connectivity index (χ2n) is 9.90. The zero-order chi connectivity index (χ0) is 25.1. The lowest BCUT2D eigenvalue weighted by Gasteiger charge is -2.25. The van der Waals surface area contributed by atoms with Crippen molar-refractivity contribution in [2.24, 2.45) is 7.05 Å². The molecule has 0 bridgehead atoms. The van der Waals surface area contributed by atoms with Crippen LogP contribution in [0.1, 0.15) is 28.0 Å². The number of carbonyl (C=O) groups is 1. The number of fused-ring (bicyclic) bond motifs is 5. The molecule has 0 spiro atoms. The number of rotatable bonds is 4. The van der Waals surface area contributed by atoms with Gasteiger partial charge in [-0.05, 0) is 30.7 Å². The van der Waals surface area contributed by atoms with Gasteiger partial charge in [0.1, 0.15) is 11.5 Å². The SMILES string of the molecule is CO[C@@H]1C[C@H]2CNCc3nc(Nc4cnc(-c5ccnc6c5ccn6C)c5c4C(=O)NC5)ccc3N2C1. The van der Waals surface area contributed by atoms with Crippen LogP contribution in [-0.4, -0.2) is 57.8 Å². The van der Waals surface area contributed by atoms with Gasteiger partial charge in [-0.2, -0.15) is 0 Å². The van der Waals surface area contributed by atoms with Crippen molar-refractivity contribution in [2.75, 3.05) is 30.4 Å². The highest BCUT2D eigenvalue weighted by molar-refractivity contribution is 6.06. The summed E-state index contributed by atoms with van der Waals surface area (Å²) in [6.07, 6.45) is 6.75. The molecule has 3 aliphatic heterocycles. The molecule has 4 aromatic heterocycles. The Balaban J connectivity index is 1.25. The topological polar surface area (TPSA) is 109 Å². The van der Waals surface area contributed by atoms with Crippen molar-refractivity contribution in [1.82, 2.24) is 30.2 Å². The molecule has 1 amide bonds. The van der Waals surface area contributed by atoms with Gasteiger partial charge in [0.05, 0.1) is 40.6 Å². The van der Waals surface area contributed by atoms with Crippen LogP contribution in [0.5, 0.6) is 0 Å². The largest absolute Gasteiger partial charge is 0.380 e. The van der Waals surface area contributed by atoms with Crippen LogP contribution in [0.3, 0.4) is 0 Å². The maximum Gasteiger partial charge on any atom is 0.254 e. The van der Waals surface area contributed by atoms with E-state index in [4.69, 9.17) is 14.7 Å². The first-order valence-corrected chi connectivity index (χ1v) is 12.6. The quantitative estimate of drug-likeness (QED) is 0.396. The van der Waals surface area contributed by atoms with Crippen LogP contribution >= 0.6 is 0 Å². The van der Waals surface area contributed by atoms with Gasteiger partial charge in [-0.3, -0.25) is 9.78 Å². The summed E-state index contributed by atoms with van der Waals surface area (Å²) in [4.78, 5) is 29.6. The van der Waals surface area contributed by atoms with Gasteiger partial charge in [0.2, 0.25) is 0 Å². The van der Waals surface area contributed by atoms with E-state index >= 15 is 0 Å². The Kier molecular flexibility index (Phi) is 5.12. The summed E-state index contributed by atoms with van der Waals surface area (Å²) in [5, 5.41) is 10.9. The van der Waals surface area contributed by atoms with E-state index in [0.29, 0.717) is 36.2 Å². The van der Waals surface area contributed by atoms with Gasteiger partial charge in [0.15, 0.2) is 0 Å². The molecule has 3 N–H and O–H groups in total. The Morgan fingerprint density at radius 3 is 2.97 bits per heavy atom. The zero-order valence-electron chi connectivity index (χ0n) is 20.8. The number of nitrogens with one attached hydrogen (secondary N) is 3. The predicted octanol–water partition coefficient (Wildman–Crippen LogP) is 2.71. The van der Waals surface area contributed by atoms with Crippen LogP contribution in [0.15, 0.2) is 42.9 Å². The average molecular weight is 497 g/mol. The Labute approximate surface area is 214 Å². The van der Waals surface area contributed by atoms with Gasteiger partial charge >= 0.3 is 0 Å². The standard InChI is InChI=1S/C27H28N8O2/c1-34-8-6-18-17(5-7-29-26(18)34)25-19-11-31-27(36)24(19)21(13-30-25)33-23-4-3-22-20(32-23)12-28-10-15-9-16(37-2)14-35(15)22/h3-8,13,15-16,28H,9-12,14H2,1-2H3,(H,31,36)(H,32,33)/t15-,16+/m0/s1.